The molecule has 0 unspecified atom stereocenters. The number of nitrogens with two attached hydrogens (primary N) is 1. The first kappa shape index (κ1) is 21.6. The van der Waals surface area contributed by atoms with E-state index in [0.29, 0.717) is 25.1 Å². The summed E-state index contributed by atoms with van der Waals surface area (Å²) in [7, 11) is 0. The fourth-order valence-electron chi connectivity index (χ4n) is 3.97. The number of piperidine rings is 1. The van der Waals surface area contributed by atoms with Crippen LogP contribution in [0.2, 0.25) is 0 Å². The molecule has 2 N–H and O–H groups in total. The summed E-state index contributed by atoms with van der Waals surface area (Å²) in [5.41, 5.74) is -0.546. The normalized spacial score (nSPS) is 18.8. The first-order valence-electron chi connectivity index (χ1n) is 9.53. The van der Waals surface area contributed by atoms with Crippen molar-refractivity contribution in [1.29, 1.82) is 5.26 Å². The van der Waals surface area contributed by atoms with Crippen molar-refractivity contribution in [3.63, 3.8) is 0 Å². The number of benzene rings is 1. The molecule has 1 saturated heterocycles. The van der Waals surface area contributed by atoms with E-state index >= 15 is 0 Å². The van der Waals surface area contributed by atoms with Gasteiger partial charge in [-0.3, -0.25) is 4.79 Å². The molecule has 0 radical (unpaired) electrons. The molecule has 0 bridgehead atoms. The monoisotopic (exact) mass is 423 g/mol. The Morgan fingerprint density at radius 1 is 1.23 bits per heavy atom. The van der Waals surface area contributed by atoms with Crippen molar-refractivity contribution in [3.05, 3.63) is 46.8 Å². The average molecular weight is 423 g/mol. The van der Waals surface area contributed by atoms with E-state index in [1.54, 1.807) is 6.08 Å². The number of nitrogens with zero attached hydrogens (tertiary/aromatic N) is 4. The minimum atomic E-state index is -4.78. The number of nitriles is 1. The molecule has 0 spiro atoms. The standard InChI is InChI=1S/C20H21F4N5O/c21-16-3-1-2-15(17(16)20(22,23)24)13-6-10-29(11-7-13)19(30)18(27-26)14-4-8-28(12-25)9-5-14/h1-4,13H,5-11,26H2. The summed E-state index contributed by atoms with van der Waals surface area (Å²) in [4.78, 5) is 15.9. The van der Waals surface area contributed by atoms with Gasteiger partial charge in [-0.2, -0.15) is 23.5 Å². The van der Waals surface area contributed by atoms with Crippen LogP contribution in [0.25, 0.3) is 0 Å². The zero-order valence-electron chi connectivity index (χ0n) is 16.1. The lowest BCUT2D eigenvalue weighted by Crippen LogP contribution is -2.43. The Bertz CT molecular complexity index is 911. The topological polar surface area (TPSA) is 85.7 Å². The molecule has 1 aromatic rings. The molecule has 10 heteroatoms. The summed E-state index contributed by atoms with van der Waals surface area (Å²) in [6, 6.07) is 3.38. The summed E-state index contributed by atoms with van der Waals surface area (Å²) in [6.07, 6.45) is -0.0246. The van der Waals surface area contributed by atoms with E-state index in [4.69, 9.17) is 11.1 Å². The van der Waals surface area contributed by atoms with E-state index in [2.05, 4.69) is 5.10 Å². The average Bonchev–Trinajstić information content (AvgIpc) is 2.73. The van der Waals surface area contributed by atoms with Gasteiger partial charge in [0.25, 0.3) is 5.91 Å². The molecule has 0 saturated carbocycles. The smallest absolute Gasteiger partial charge is 0.337 e. The van der Waals surface area contributed by atoms with Crippen molar-refractivity contribution in [2.24, 2.45) is 10.9 Å². The zero-order valence-corrected chi connectivity index (χ0v) is 16.1. The van der Waals surface area contributed by atoms with Crippen LogP contribution in [0.5, 0.6) is 0 Å². The van der Waals surface area contributed by atoms with Gasteiger partial charge in [-0.25, -0.2) is 4.39 Å². The Kier molecular flexibility index (Phi) is 6.29. The molecular weight excluding hydrogens is 402 g/mol. The Labute approximate surface area is 171 Å². The number of halogens is 4. The van der Waals surface area contributed by atoms with Crippen LogP contribution in [-0.2, 0) is 11.0 Å². The highest BCUT2D eigenvalue weighted by Crippen LogP contribution is 2.40. The van der Waals surface area contributed by atoms with Crippen molar-refractivity contribution < 1.29 is 22.4 Å². The van der Waals surface area contributed by atoms with Gasteiger partial charge in [-0.1, -0.05) is 18.2 Å². The van der Waals surface area contributed by atoms with Crippen LogP contribution in [0, 0.1) is 17.3 Å². The van der Waals surface area contributed by atoms with Crippen LogP contribution < -0.4 is 5.84 Å². The van der Waals surface area contributed by atoms with Crippen LogP contribution in [0.4, 0.5) is 17.6 Å². The number of hydrogen-bond acceptors (Lipinski definition) is 5. The van der Waals surface area contributed by atoms with Gasteiger partial charge in [-0.05, 0) is 42.4 Å². The molecule has 0 aromatic heterocycles. The molecular formula is C20H21F4N5O. The highest BCUT2D eigenvalue weighted by molar-refractivity contribution is 6.45. The first-order chi connectivity index (χ1) is 14.3. The van der Waals surface area contributed by atoms with Gasteiger partial charge in [-0.15, -0.1) is 0 Å². The van der Waals surface area contributed by atoms with E-state index in [1.165, 1.54) is 21.9 Å². The second kappa shape index (κ2) is 8.73. The quantitative estimate of drug-likeness (QED) is 0.266. The maximum absolute atomic E-state index is 13.9. The number of likely N-dealkylation sites (tertiary alicyclic amines) is 1. The lowest BCUT2D eigenvalue weighted by Gasteiger charge is -2.34. The molecule has 30 heavy (non-hydrogen) atoms. The SMILES string of the molecule is N#CN1CC=C(C(=NN)C(=O)N2CCC(c3cccc(F)c3C(F)(F)F)CC2)CC1. The van der Waals surface area contributed by atoms with Crippen molar-refractivity contribution in [2.45, 2.75) is 31.4 Å². The van der Waals surface area contributed by atoms with Gasteiger partial charge in [0, 0.05) is 26.2 Å². The Morgan fingerprint density at radius 3 is 2.47 bits per heavy atom. The number of hydrazone groups is 1. The predicted molar refractivity (Wildman–Crippen MR) is 101 cm³/mol. The van der Waals surface area contributed by atoms with E-state index in [-0.39, 0.29) is 43.1 Å². The number of carbonyl (C=O) groups is 1. The third-order valence-electron chi connectivity index (χ3n) is 5.54. The Balaban J connectivity index is 1.71. The number of alkyl halides is 3. The van der Waals surface area contributed by atoms with Crippen molar-refractivity contribution >= 4 is 11.6 Å². The molecule has 2 heterocycles. The van der Waals surface area contributed by atoms with Gasteiger partial charge < -0.3 is 15.6 Å². The molecule has 1 aromatic carbocycles. The molecule has 0 atom stereocenters. The van der Waals surface area contributed by atoms with E-state index < -0.39 is 23.5 Å². The number of rotatable bonds is 3. The van der Waals surface area contributed by atoms with Gasteiger partial charge in [0.15, 0.2) is 11.9 Å². The van der Waals surface area contributed by atoms with Crippen LogP contribution in [0.15, 0.2) is 34.9 Å². The lowest BCUT2D eigenvalue weighted by atomic mass is 9.85. The van der Waals surface area contributed by atoms with Crippen LogP contribution >= 0.6 is 0 Å². The van der Waals surface area contributed by atoms with Crippen LogP contribution in [0.1, 0.15) is 36.3 Å². The highest BCUT2D eigenvalue weighted by Gasteiger charge is 2.39. The van der Waals surface area contributed by atoms with E-state index in [1.807, 2.05) is 6.19 Å². The van der Waals surface area contributed by atoms with Crippen molar-refractivity contribution in [2.75, 3.05) is 26.2 Å². The lowest BCUT2D eigenvalue weighted by molar-refractivity contribution is -0.141. The van der Waals surface area contributed by atoms with Gasteiger partial charge in [0.2, 0.25) is 0 Å². The minimum Gasteiger partial charge on any atom is -0.337 e. The summed E-state index contributed by atoms with van der Waals surface area (Å²) in [5, 5.41) is 12.5. The third kappa shape index (κ3) is 4.40. The summed E-state index contributed by atoms with van der Waals surface area (Å²) >= 11 is 0. The van der Waals surface area contributed by atoms with E-state index in [9.17, 15) is 22.4 Å². The summed E-state index contributed by atoms with van der Waals surface area (Å²) < 4.78 is 53.8. The first-order valence-corrected chi connectivity index (χ1v) is 9.53. The number of hydrogen-bond donors (Lipinski definition) is 1. The summed E-state index contributed by atoms with van der Waals surface area (Å²) in [6.45, 7) is 1.25. The fourth-order valence-corrected chi connectivity index (χ4v) is 3.97. The van der Waals surface area contributed by atoms with Gasteiger partial charge in [0.1, 0.15) is 5.82 Å². The van der Waals surface area contributed by atoms with Crippen LogP contribution in [-0.4, -0.2) is 47.6 Å². The number of amides is 1. The van der Waals surface area contributed by atoms with Crippen molar-refractivity contribution in [1.82, 2.24) is 9.80 Å². The molecule has 2 aliphatic rings. The van der Waals surface area contributed by atoms with Gasteiger partial charge >= 0.3 is 6.18 Å². The Morgan fingerprint density at radius 2 is 1.93 bits per heavy atom. The molecule has 2 aliphatic heterocycles. The molecule has 1 fully saturated rings. The van der Waals surface area contributed by atoms with E-state index in [0.717, 1.165) is 6.07 Å². The maximum Gasteiger partial charge on any atom is 0.419 e. The molecule has 6 nitrogen and oxygen atoms in total. The predicted octanol–water partition coefficient (Wildman–Crippen LogP) is 2.98. The molecule has 1 amide bonds. The van der Waals surface area contributed by atoms with Gasteiger partial charge in [0.05, 0.1) is 5.56 Å². The number of carbonyl (C=O) groups excluding carboxylic acids is 1. The third-order valence-corrected chi connectivity index (χ3v) is 5.54. The minimum absolute atomic E-state index is 0.0751. The highest BCUT2D eigenvalue weighted by atomic mass is 19.4. The van der Waals surface area contributed by atoms with Crippen LogP contribution in [0.3, 0.4) is 0 Å². The molecule has 160 valence electrons. The Hall–Kier alpha value is -3.09. The molecule has 3 rings (SSSR count). The largest absolute Gasteiger partial charge is 0.419 e. The summed E-state index contributed by atoms with van der Waals surface area (Å²) in [5.74, 6) is 3.26. The fraction of sp³-hybridized carbons (Fsp3) is 0.450. The zero-order chi connectivity index (χ0) is 21.9. The molecule has 0 aliphatic carbocycles. The van der Waals surface area contributed by atoms with Crippen molar-refractivity contribution in [3.8, 4) is 6.19 Å². The second-order valence-corrected chi connectivity index (χ2v) is 7.27. The maximum atomic E-state index is 13.9. The second-order valence-electron chi connectivity index (χ2n) is 7.27.